The fourth-order valence-corrected chi connectivity index (χ4v) is 1.81. The van der Waals surface area contributed by atoms with E-state index in [1.54, 1.807) is 24.3 Å². The number of nitro groups is 1. The predicted octanol–water partition coefficient (Wildman–Crippen LogP) is 2.95. The fraction of sp³-hybridized carbons (Fsp3) is 0.133. The van der Waals surface area contributed by atoms with Crippen LogP contribution in [0.2, 0.25) is 0 Å². The first-order chi connectivity index (χ1) is 10.5. The second-order valence-electron chi connectivity index (χ2n) is 4.40. The molecule has 2 N–H and O–H groups in total. The fourth-order valence-electron chi connectivity index (χ4n) is 1.81. The van der Waals surface area contributed by atoms with Crippen LogP contribution in [-0.4, -0.2) is 22.5 Å². The summed E-state index contributed by atoms with van der Waals surface area (Å²) in [5, 5.41) is 23.4. The van der Waals surface area contributed by atoms with Gasteiger partial charge in [-0.05, 0) is 37.3 Å². The van der Waals surface area contributed by atoms with Crippen molar-refractivity contribution in [3.63, 3.8) is 0 Å². The molecule has 0 aliphatic rings. The van der Waals surface area contributed by atoms with Gasteiger partial charge in [-0.2, -0.15) is 0 Å². The summed E-state index contributed by atoms with van der Waals surface area (Å²) in [6, 6.07) is 9.82. The van der Waals surface area contributed by atoms with Crippen molar-refractivity contribution in [2.45, 2.75) is 6.92 Å². The van der Waals surface area contributed by atoms with Gasteiger partial charge < -0.3 is 15.2 Å². The van der Waals surface area contributed by atoms with E-state index < -0.39 is 10.9 Å². The lowest BCUT2D eigenvalue weighted by Crippen LogP contribution is -2.09. The second kappa shape index (κ2) is 6.57. The van der Waals surface area contributed by atoms with E-state index in [4.69, 9.17) is 4.74 Å². The van der Waals surface area contributed by atoms with Crippen molar-refractivity contribution < 1.29 is 19.6 Å². The van der Waals surface area contributed by atoms with Crippen molar-refractivity contribution in [2.75, 3.05) is 11.9 Å². The van der Waals surface area contributed by atoms with Crippen molar-refractivity contribution in [3.8, 4) is 11.5 Å². The number of nitro benzene ring substituents is 1. The highest BCUT2D eigenvalue weighted by molar-refractivity contribution is 5.94. The van der Waals surface area contributed by atoms with Gasteiger partial charge >= 0.3 is 5.97 Å². The minimum absolute atomic E-state index is 0.259. The Morgan fingerprint density at radius 3 is 2.55 bits per heavy atom. The van der Waals surface area contributed by atoms with Crippen molar-refractivity contribution in [2.24, 2.45) is 0 Å². The van der Waals surface area contributed by atoms with E-state index in [9.17, 15) is 20.0 Å². The maximum atomic E-state index is 12.0. The quantitative estimate of drug-likeness (QED) is 0.381. The Labute approximate surface area is 126 Å². The van der Waals surface area contributed by atoms with E-state index in [-0.39, 0.29) is 22.7 Å². The molecule has 0 radical (unpaired) electrons. The number of hydrogen-bond acceptors (Lipinski definition) is 6. The van der Waals surface area contributed by atoms with Gasteiger partial charge in [-0.1, -0.05) is 0 Å². The molecule has 0 amide bonds. The van der Waals surface area contributed by atoms with Crippen LogP contribution < -0.4 is 10.1 Å². The highest BCUT2D eigenvalue weighted by Crippen LogP contribution is 2.25. The number of phenols is 1. The number of esters is 1. The number of ether oxygens (including phenoxy) is 1. The third kappa shape index (κ3) is 3.51. The lowest BCUT2D eigenvalue weighted by atomic mass is 10.2. The van der Waals surface area contributed by atoms with Crippen LogP contribution in [0.4, 0.5) is 11.4 Å². The number of carbonyl (C=O) groups is 1. The molecule has 0 fully saturated rings. The summed E-state index contributed by atoms with van der Waals surface area (Å²) in [4.78, 5) is 22.1. The number of anilines is 1. The van der Waals surface area contributed by atoms with Crippen LogP contribution in [0.25, 0.3) is 0 Å². The molecule has 0 heterocycles. The number of carbonyl (C=O) groups excluding carboxylic acids is 1. The van der Waals surface area contributed by atoms with E-state index in [2.05, 4.69) is 5.32 Å². The smallest absolute Gasteiger partial charge is 0.347 e. The maximum absolute atomic E-state index is 12.0. The number of benzene rings is 2. The zero-order valence-corrected chi connectivity index (χ0v) is 11.8. The van der Waals surface area contributed by atoms with Gasteiger partial charge in [-0.3, -0.25) is 10.1 Å². The Balaban J connectivity index is 2.18. The molecule has 2 aromatic carbocycles. The SMILES string of the molecule is CCNc1ccc(OC(=O)c2cc([N+](=O)[O-])ccc2O)cc1. The van der Waals surface area contributed by atoms with Crippen LogP contribution >= 0.6 is 0 Å². The molecule has 7 nitrogen and oxygen atoms in total. The Morgan fingerprint density at radius 2 is 1.95 bits per heavy atom. The van der Waals surface area contributed by atoms with Gasteiger partial charge in [0.15, 0.2) is 0 Å². The Hall–Kier alpha value is -3.09. The van der Waals surface area contributed by atoms with E-state index in [0.717, 1.165) is 30.4 Å². The van der Waals surface area contributed by atoms with Crippen molar-refractivity contribution in [3.05, 3.63) is 58.1 Å². The molecule has 0 spiro atoms. The summed E-state index contributed by atoms with van der Waals surface area (Å²) < 4.78 is 5.10. The van der Waals surface area contributed by atoms with Gasteiger partial charge in [0.2, 0.25) is 0 Å². The summed E-state index contributed by atoms with van der Waals surface area (Å²) in [6.07, 6.45) is 0. The first-order valence-electron chi connectivity index (χ1n) is 6.54. The number of aromatic hydroxyl groups is 1. The summed E-state index contributed by atoms with van der Waals surface area (Å²) in [5.74, 6) is -0.963. The van der Waals surface area contributed by atoms with Gasteiger partial charge in [0, 0.05) is 24.4 Å². The average Bonchev–Trinajstić information content (AvgIpc) is 2.49. The molecule has 114 valence electrons. The van der Waals surface area contributed by atoms with Gasteiger partial charge in [0.05, 0.1) is 4.92 Å². The average molecular weight is 302 g/mol. The molecule has 7 heteroatoms. The van der Waals surface area contributed by atoms with E-state index in [0.29, 0.717) is 0 Å². The zero-order chi connectivity index (χ0) is 16.1. The molecule has 0 saturated heterocycles. The molecule has 0 saturated carbocycles. The minimum Gasteiger partial charge on any atom is -0.507 e. The van der Waals surface area contributed by atoms with Crippen LogP contribution in [0.3, 0.4) is 0 Å². The van der Waals surface area contributed by atoms with Gasteiger partial charge in [-0.25, -0.2) is 4.79 Å². The summed E-state index contributed by atoms with van der Waals surface area (Å²) in [7, 11) is 0. The molecular formula is C15H14N2O5. The maximum Gasteiger partial charge on any atom is 0.347 e. The Kier molecular flexibility index (Phi) is 4.57. The Bertz CT molecular complexity index is 698. The third-order valence-corrected chi connectivity index (χ3v) is 2.86. The van der Waals surface area contributed by atoms with Gasteiger partial charge in [-0.15, -0.1) is 0 Å². The standard InChI is InChI=1S/C15H14N2O5/c1-2-16-10-3-6-12(7-4-10)22-15(19)13-9-11(17(20)21)5-8-14(13)18/h3-9,16,18H,2H2,1H3. The number of rotatable bonds is 5. The third-order valence-electron chi connectivity index (χ3n) is 2.86. The molecule has 0 aliphatic heterocycles. The van der Waals surface area contributed by atoms with E-state index in [1.165, 1.54) is 0 Å². The molecule has 0 unspecified atom stereocenters. The van der Waals surface area contributed by atoms with Crippen molar-refractivity contribution >= 4 is 17.3 Å². The van der Waals surface area contributed by atoms with Gasteiger partial charge in [0.25, 0.3) is 5.69 Å². The van der Waals surface area contributed by atoms with Crippen LogP contribution in [0.15, 0.2) is 42.5 Å². The topological polar surface area (TPSA) is 102 Å². The largest absolute Gasteiger partial charge is 0.507 e. The molecule has 0 atom stereocenters. The van der Waals surface area contributed by atoms with Crippen LogP contribution in [0.1, 0.15) is 17.3 Å². The zero-order valence-electron chi connectivity index (χ0n) is 11.8. The molecule has 0 aliphatic carbocycles. The first kappa shape index (κ1) is 15.3. The molecular weight excluding hydrogens is 288 g/mol. The Morgan fingerprint density at radius 1 is 1.27 bits per heavy atom. The summed E-state index contributed by atoms with van der Waals surface area (Å²) in [5.41, 5.74) is 0.317. The minimum atomic E-state index is -0.864. The highest BCUT2D eigenvalue weighted by Gasteiger charge is 2.18. The predicted molar refractivity (Wildman–Crippen MR) is 80.3 cm³/mol. The number of nitrogens with one attached hydrogen (secondary N) is 1. The van der Waals surface area contributed by atoms with E-state index >= 15 is 0 Å². The lowest BCUT2D eigenvalue weighted by Gasteiger charge is -2.07. The van der Waals surface area contributed by atoms with Crippen LogP contribution in [0.5, 0.6) is 11.5 Å². The summed E-state index contributed by atoms with van der Waals surface area (Å²) in [6.45, 7) is 2.72. The number of phenolic OH excluding ortho intramolecular Hbond substituents is 1. The molecule has 2 aromatic rings. The lowest BCUT2D eigenvalue weighted by molar-refractivity contribution is -0.384. The normalized spacial score (nSPS) is 10.0. The highest BCUT2D eigenvalue weighted by atomic mass is 16.6. The monoisotopic (exact) mass is 302 g/mol. The van der Waals surface area contributed by atoms with Gasteiger partial charge in [0.1, 0.15) is 17.1 Å². The summed E-state index contributed by atoms with van der Waals surface area (Å²) >= 11 is 0. The number of hydrogen-bond donors (Lipinski definition) is 2. The molecule has 0 aromatic heterocycles. The number of non-ortho nitro benzene ring substituents is 1. The van der Waals surface area contributed by atoms with Crippen LogP contribution in [-0.2, 0) is 0 Å². The second-order valence-corrected chi connectivity index (χ2v) is 4.40. The molecule has 2 rings (SSSR count). The van der Waals surface area contributed by atoms with Crippen molar-refractivity contribution in [1.29, 1.82) is 0 Å². The van der Waals surface area contributed by atoms with Crippen molar-refractivity contribution in [1.82, 2.24) is 0 Å². The van der Waals surface area contributed by atoms with E-state index in [1.807, 2.05) is 6.92 Å². The van der Waals surface area contributed by atoms with Crippen LogP contribution in [0, 0.1) is 10.1 Å². The molecule has 0 bridgehead atoms. The first-order valence-corrected chi connectivity index (χ1v) is 6.54. The number of nitrogens with zero attached hydrogens (tertiary/aromatic N) is 1. The molecule has 22 heavy (non-hydrogen) atoms.